The normalized spacial score (nSPS) is 12.2. The van der Waals surface area contributed by atoms with Gasteiger partial charge >= 0.3 is 0 Å². The Morgan fingerprint density at radius 2 is 2.24 bits per heavy atom. The Morgan fingerprint density at radius 1 is 1.59 bits per heavy atom. The minimum atomic E-state index is -0.562. The van der Waals surface area contributed by atoms with Gasteiger partial charge in [0.05, 0.1) is 23.4 Å². The molecule has 0 saturated heterocycles. The highest BCUT2D eigenvalue weighted by molar-refractivity contribution is 6.33. The van der Waals surface area contributed by atoms with E-state index >= 15 is 0 Å². The van der Waals surface area contributed by atoms with E-state index in [0.717, 1.165) is 11.3 Å². The first-order chi connectivity index (χ1) is 7.95. The van der Waals surface area contributed by atoms with Crippen LogP contribution in [0.5, 0.6) is 0 Å². The fourth-order valence-corrected chi connectivity index (χ4v) is 1.90. The number of primary amides is 1. The molecule has 3 N–H and O–H groups in total. The largest absolute Gasteiger partial charge is 0.389 e. The maximum absolute atomic E-state index is 10.9. The number of anilines is 1. The van der Waals surface area contributed by atoms with Gasteiger partial charge in [-0.3, -0.25) is 4.79 Å². The molecule has 0 aromatic heterocycles. The van der Waals surface area contributed by atoms with Crippen molar-refractivity contribution in [3.8, 4) is 0 Å². The molecule has 1 amide bonds. The number of aliphatic hydroxyl groups excluding tert-OH is 1. The molecule has 0 saturated carbocycles. The van der Waals surface area contributed by atoms with E-state index in [-0.39, 0.29) is 6.54 Å². The second-order valence-corrected chi connectivity index (χ2v) is 4.27. The van der Waals surface area contributed by atoms with Crippen molar-refractivity contribution in [2.75, 3.05) is 18.0 Å². The summed E-state index contributed by atoms with van der Waals surface area (Å²) in [5.74, 6) is -0.400. The van der Waals surface area contributed by atoms with Crippen molar-refractivity contribution in [2.24, 2.45) is 5.73 Å². The van der Waals surface area contributed by atoms with Crippen LogP contribution in [0.1, 0.15) is 25.5 Å². The van der Waals surface area contributed by atoms with E-state index < -0.39 is 12.0 Å². The Morgan fingerprint density at radius 3 is 2.65 bits per heavy atom. The molecule has 0 aliphatic carbocycles. The van der Waals surface area contributed by atoms with Gasteiger partial charge in [0.2, 0.25) is 5.91 Å². The first-order valence-electron chi connectivity index (χ1n) is 5.46. The SMILES string of the molecule is CCN(CC(N)=O)c1ccc([C@H](C)O)cc1Cl. The lowest BCUT2D eigenvalue weighted by atomic mass is 10.1. The molecule has 1 aromatic carbocycles. The van der Waals surface area contributed by atoms with E-state index in [1.165, 1.54) is 0 Å². The molecule has 1 atom stereocenters. The number of nitrogens with two attached hydrogens (primary N) is 1. The summed E-state index contributed by atoms with van der Waals surface area (Å²) in [7, 11) is 0. The van der Waals surface area contributed by atoms with Crippen LogP contribution in [0, 0.1) is 0 Å². The van der Waals surface area contributed by atoms with Crippen molar-refractivity contribution in [3.63, 3.8) is 0 Å². The molecule has 0 aliphatic heterocycles. The summed E-state index contributed by atoms with van der Waals surface area (Å²) in [4.78, 5) is 12.7. The highest BCUT2D eigenvalue weighted by atomic mass is 35.5. The van der Waals surface area contributed by atoms with Crippen molar-refractivity contribution in [1.29, 1.82) is 0 Å². The van der Waals surface area contributed by atoms with Crippen molar-refractivity contribution < 1.29 is 9.90 Å². The predicted molar refractivity (Wildman–Crippen MR) is 69.2 cm³/mol. The number of hydrogen-bond acceptors (Lipinski definition) is 3. The summed E-state index contributed by atoms with van der Waals surface area (Å²) < 4.78 is 0. The molecule has 0 heterocycles. The van der Waals surface area contributed by atoms with E-state index in [9.17, 15) is 9.90 Å². The Kier molecular flexibility index (Phi) is 4.78. The lowest BCUT2D eigenvalue weighted by Crippen LogP contribution is -2.33. The van der Waals surface area contributed by atoms with Crippen molar-refractivity contribution in [1.82, 2.24) is 0 Å². The summed E-state index contributed by atoms with van der Waals surface area (Å²) in [5, 5.41) is 9.94. The molecular weight excluding hydrogens is 240 g/mol. The number of halogens is 1. The van der Waals surface area contributed by atoms with E-state index in [4.69, 9.17) is 17.3 Å². The van der Waals surface area contributed by atoms with E-state index in [1.54, 1.807) is 30.0 Å². The highest BCUT2D eigenvalue weighted by Gasteiger charge is 2.12. The topological polar surface area (TPSA) is 66.6 Å². The quantitative estimate of drug-likeness (QED) is 0.843. The van der Waals surface area contributed by atoms with Crippen molar-refractivity contribution in [3.05, 3.63) is 28.8 Å². The molecule has 0 radical (unpaired) electrons. The number of amides is 1. The molecular formula is C12H17ClN2O2. The van der Waals surface area contributed by atoms with Crippen molar-refractivity contribution in [2.45, 2.75) is 20.0 Å². The fourth-order valence-electron chi connectivity index (χ4n) is 1.59. The molecule has 0 unspecified atom stereocenters. The number of aliphatic hydroxyl groups is 1. The van der Waals surface area contributed by atoms with Gasteiger partial charge in [-0.25, -0.2) is 0 Å². The molecule has 17 heavy (non-hydrogen) atoms. The van der Waals surface area contributed by atoms with Gasteiger partial charge in [0.1, 0.15) is 0 Å². The van der Waals surface area contributed by atoms with Crippen LogP contribution in [-0.2, 0) is 4.79 Å². The standard InChI is InChI=1S/C12H17ClN2O2/c1-3-15(7-12(14)17)11-5-4-9(8(2)16)6-10(11)13/h4-6,8,16H,3,7H2,1-2H3,(H2,14,17)/t8-/m0/s1. The van der Waals surface area contributed by atoms with Crippen LogP contribution >= 0.6 is 11.6 Å². The van der Waals surface area contributed by atoms with E-state index in [2.05, 4.69) is 0 Å². The molecule has 0 fully saturated rings. The summed E-state index contributed by atoms with van der Waals surface area (Å²) in [5.41, 5.74) is 6.66. The third-order valence-electron chi connectivity index (χ3n) is 2.52. The van der Waals surface area contributed by atoms with Gasteiger partial charge in [-0.05, 0) is 31.5 Å². The first kappa shape index (κ1) is 13.8. The highest BCUT2D eigenvalue weighted by Crippen LogP contribution is 2.28. The second kappa shape index (κ2) is 5.89. The van der Waals surface area contributed by atoms with Crippen LogP contribution in [0.4, 0.5) is 5.69 Å². The zero-order valence-corrected chi connectivity index (χ0v) is 10.7. The minimum absolute atomic E-state index is 0.129. The summed E-state index contributed by atoms with van der Waals surface area (Å²) in [6.45, 7) is 4.36. The lowest BCUT2D eigenvalue weighted by molar-refractivity contribution is -0.116. The number of carbonyl (C=O) groups excluding carboxylic acids is 1. The minimum Gasteiger partial charge on any atom is -0.389 e. The molecule has 1 aromatic rings. The number of carbonyl (C=O) groups is 1. The number of benzene rings is 1. The van der Waals surface area contributed by atoms with Crippen LogP contribution < -0.4 is 10.6 Å². The van der Waals surface area contributed by atoms with Crippen LogP contribution in [0.2, 0.25) is 5.02 Å². The zero-order chi connectivity index (χ0) is 13.0. The maximum Gasteiger partial charge on any atom is 0.236 e. The first-order valence-corrected chi connectivity index (χ1v) is 5.84. The molecule has 0 spiro atoms. The number of rotatable bonds is 5. The number of hydrogen-bond donors (Lipinski definition) is 2. The monoisotopic (exact) mass is 256 g/mol. The van der Waals surface area contributed by atoms with Gasteiger partial charge in [-0.2, -0.15) is 0 Å². The fraction of sp³-hybridized carbons (Fsp3) is 0.417. The van der Waals surface area contributed by atoms with Crippen LogP contribution in [0.25, 0.3) is 0 Å². The molecule has 0 bridgehead atoms. The van der Waals surface area contributed by atoms with Gasteiger partial charge < -0.3 is 15.7 Å². The second-order valence-electron chi connectivity index (χ2n) is 3.87. The van der Waals surface area contributed by atoms with Crippen LogP contribution in [-0.4, -0.2) is 24.1 Å². The Labute approximate surface area is 106 Å². The van der Waals surface area contributed by atoms with Gasteiger partial charge in [-0.15, -0.1) is 0 Å². The van der Waals surface area contributed by atoms with Gasteiger partial charge in [0.15, 0.2) is 0 Å². The molecule has 5 heteroatoms. The van der Waals surface area contributed by atoms with E-state index in [0.29, 0.717) is 11.6 Å². The lowest BCUT2D eigenvalue weighted by Gasteiger charge is -2.23. The number of nitrogens with zero attached hydrogens (tertiary/aromatic N) is 1. The predicted octanol–water partition coefficient (Wildman–Crippen LogP) is 1.70. The average Bonchev–Trinajstić information content (AvgIpc) is 2.25. The summed E-state index contributed by atoms with van der Waals surface area (Å²) in [6, 6.07) is 5.28. The zero-order valence-electron chi connectivity index (χ0n) is 9.98. The number of likely N-dealkylation sites (N-methyl/N-ethyl adjacent to an activating group) is 1. The molecule has 1 rings (SSSR count). The third-order valence-corrected chi connectivity index (χ3v) is 2.83. The Hall–Kier alpha value is -1.26. The molecule has 0 aliphatic rings. The molecule has 4 nitrogen and oxygen atoms in total. The van der Waals surface area contributed by atoms with Crippen molar-refractivity contribution >= 4 is 23.2 Å². The maximum atomic E-state index is 10.9. The van der Waals surface area contributed by atoms with Crippen LogP contribution in [0.15, 0.2) is 18.2 Å². The average molecular weight is 257 g/mol. The van der Waals surface area contributed by atoms with Crippen LogP contribution in [0.3, 0.4) is 0 Å². The van der Waals surface area contributed by atoms with Gasteiger partial charge in [0.25, 0.3) is 0 Å². The third kappa shape index (κ3) is 3.61. The molecule has 94 valence electrons. The summed E-state index contributed by atoms with van der Waals surface area (Å²) >= 11 is 6.13. The van der Waals surface area contributed by atoms with Gasteiger partial charge in [-0.1, -0.05) is 17.7 Å². The smallest absolute Gasteiger partial charge is 0.236 e. The van der Waals surface area contributed by atoms with Gasteiger partial charge in [0, 0.05) is 6.54 Å². The van der Waals surface area contributed by atoms with E-state index in [1.807, 2.05) is 6.92 Å². The Balaban J connectivity index is 3.00. The summed E-state index contributed by atoms with van der Waals surface area (Å²) in [6.07, 6.45) is -0.562. The Bertz CT molecular complexity index is 407.